The number of nitro benzene ring substituents is 1. The lowest BCUT2D eigenvalue weighted by molar-refractivity contribution is -0.384. The highest BCUT2D eigenvalue weighted by Crippen LogP contribution is 2.27. The third kappa shape index (κ3) is 4.03. The summed E-state index contributed by atoms with van der Waals surface area (Å²) in [6.07, 6.45) is 6.80. The molecule has 19 heavy (non-hydrogen) atoms. The van der Waals surface area contributed by atoms with Gasteiger partial charge in [0.25, 0.3) is 5.69 Å². The van der Waals surface area contributed by atoms with Crippen LogP contribution in [0, 0.1) is 16.0 Å². The summed E-state index contributed by atoms with van der Waals surface area (Å²) in [5.74, 6) is 0.900. The van der Waals surface area contributed by atoms with Crippen molar-refractivity contribution in [2.24, 2.45) is 5.92 Å². The van der Waals surface area contributed by atoms with Gasteiger partial charge in [0, 0.05) is 18.2 Å². The van der Waals surface area contributed by atoms with E-state index in [1.165, 1.54) is 32.1 Å². The summed E-state index contributed by atoms with van der Waals surface area (Å²) < 4.78 is 0. The Bertz CT molecular complexity index is 411. The summed E-state index contributed by atoms with van der Waals surface area (Å²) >= 11 is 0. The van der Waals surface area contributed by atoms with Crippen LogP contribution in [0.3, 0.4) is 0 Å². The average molecular weight is 262 g/mol. The Morgan fingerprint density at radius 3 is 2.53 bits per heavy atom. The molecule has 1 atom stereocenters. The summed E-state index contributed by atoms with van der Waals surface area (Å²) in [6.45, 7) is 3.14. The predicted octanol–water partition coefficient (Wildman–Crippen LogP) is 3.83. The monoisotopic (exact) mass is 262 g/mol. The number of benzene rings is 1. The molecule has 1 aromatic carbocycles. The van der Waals surface area contributed by atoms with Gasteiger partial charge in [-0.25, -0.2) is 0 Å². The fourth-order valence-electron chi connectivity index (χ4n) is 2.81. The molecule has 2 rings (SSSR count). The number of nitro groups is 1. The Labute approximate surface area is 114 Å². The lowest BCUT2D eigenvalue weighted by Crippen LogP contribution is -2.21. The molecule has 1 fully saturated rings. The second-order valence-electron chi connectivity index (χ2n) is 5.46. The minimum absolute atomic E-state index is 0.155. The molecule has 0 amide bonds. The molecule has 1 N–H and O–H groups in total. The van der Waals surface area contributed by atoms with Crippen LogP contribution < -0.4 is 5.32 Å². The van der Waals surface area contributed by atoms with E-state index in [-0.39, 0.29) is 16.7 Å². The summed E-state index contributed by atoms with van der Waals surface area (Å²) in [5.41, 5.74) is 1.26. The first kappa shape index (κ1) is 14.0. The Balaban J connectivity index is 1.78. The van der Waals surface area contributed by atoms with Gasteiger partial charge >= 0.3 is 0 Å². The van der Waals surface area contributed by atoms with Gasteiger partial charge in [0.05, 0.1) is 4.92 Å². The summed E-state index contributed by atoms with van der Waals surface area (Å²) in [4.78, 5) is 10.2. The van der Waals surface area contributed by atoms with Crippen LogP contribution in [0.2, 0.25) is 0 Å². The highest BCUT2D eigenvalue weighted by atomic mass is 16.6. The van der Waals surface area contributed by atoms with Crippen LogP contribution in [-0.4, -0.2) is 11.5 Å². The maximum absolute atomic E-state index is 10.6. The third-order valence-corrected chi connectivity index (χ3v) is 4.08. The SMILES string of the molecule is CC(NCCC1CCCC1)c1ccc([N+](=O)[O-])cc1. The van der Waals surface area contributed by atoms with E-state index in [4.69, 9.17) is 0 Å². The molecule has 1 aliphatic carbocycles. The van der Waals surface area contributed by atoms with Crippen molar-refractivity contribution in [3.8, 4) is 0 Å². The molecule has 0 heterocycles. The van der Waals surface area contributed by atoms with Gasteiger partial charge in [-0.05, 0) is 31.4 Å². The molecule has 104 valence electrons. The first-order valence-electron chi connectivity index (χ1n) is 7.14. The van der Waals surface area contributed by atoms with Crippen molar-refractivity contribution in [1.82, 2.24) is 5.32 Å². The molecule has 0 spiro atoms. The first-order valence-corrected chi connectivity index (χ1v) is 7.14. The molecule has 1 aliphatic rings. The van der Waals surface area contributed by atoms with E-state index < -0.39 is 0 Å². The van der Waals surface area contributed by atoms with Gasteiger partial charge in [-0.15, -0.1) is 0 Å². The number of non-ortho nitro benzene ring substituents is 1. The zero-order valence-corrected chi connectivity index (χ0v) is 11.5. The van der Waals surface area contributed by atoms with Crippen molar-refractivity contribution in [3.05, 3.63) is 39.9 Å². The summed E-state index contributed by atoms with van der Waals surface area (Å²) in [5, 5.41) is 14.1. The Morgan fingerprint density at radius 1 is 1.32 bits per heavy atom. The predicted molar refractivity (Wildman–Crippen MR) is 76.1 cm³/mol. The molecule has 1 saturated carbocycles. The lowest BCUT2D eigenvalue weighted by Gasteiger charge is -2.16. The van der Waals surface area contributed by atoms with Gasteiger partial charge < -0.3 is 5.32 Å². The second kappa shape index (κ2) is 6.66. The van der Waals surface area contributed by atoms with Crippen LogP contribution >= 0.6 is 0 Å². The first-order chi connectivity index (χ1) is 9.16. The van der Waals surface area contributed by atoms with E-state index in [2.05, 4.69) is 12.2 Å². The van der Waals surface area contributed by atoms with E-state index in [1.54, 1.807) is 12.1 Å². The Kier molecular flexibility index (Phi) is 4.91. The van der Waals surface area contributed by atoms with Gasteiger partial charge in [-0.1, -0.05) is 37.8 Å². The molecular formula is C15H22N2O2. The maximum atomic E-state index is 10.6. The normalized spacial score (nSPS) is 17.5. The molecule has 0 aromatic heterocycles. The van der Waals surface area contributed by atoms with Crippen molar-refractivity contribution in [2.75, 3.05) is 6.54 Å². The molecule has 0 aliphatic heterocycles. The van der Waals surface area contributed by atoms with E-state index in [9.17, 15) is 10.1 Å². The maximum Gasteiger partial charge on any atom is 0.269 e. The topological polar surface area (TPSA) is 55.2 Å². The van der Waals surface area contributed by atoms with Gasteiger partial charge in [-0.3, -0.25) is 10.1 Å². The largest absolute Gasteiger partial charge is 0.310 e. The minimum atomic E-state index is -0.359. The number of hydrogen-bond donors (Lipinski definition) is 1. The van der Waals surface area contributed by atoms with Crippen LogP contribution in [0.5, 0.6) is 0 Å². The zero-order valence-electron chi connectivity index (χ0n) is 11.5. The third-order valence-electron chi connectivity index (χ3n) is 4.08. The standard InChI is InChI=1S/C15H22N2O2/c1-12(16-11-10-13-4-2-3-5-13)14-6-8-15(9-7-14)17(18)19/h6-9,12-13,16H,2-5,10-11H2,1H3. The quantitative estimate of drug-likeness (QED) is 0.626. The average Bonchev–Trinajstić information content (AvgIpc) is 2.92. The fourth-order valence-corrected chi connectivity index (χ4v) is 2.81. The summed E-state index contributed by atoms with van der Waals surface area (Å²) in [6, 6.07) is 7.08. The van der Waals surface area contributed by atoms with Crippen molar-refractivity contribution in [2.45, 2.75) is 45.1 Å². The van der Waals surface area contributed by atoms with Gasteiger partial charge in [0.2, 0.25) is 0 Å². The van der Waals surface area contributed by atoms with Crippen LogP contribution in [-0.2, 0) is 0 Å². The van der Waals surface area contributed by atoms with Gasteiger partial charge in [0.1, 0.15) is 0 Å². The van der Waals surface area contributed by atoms with Gasteiger partial charge in [-0.2, -0.15) is 0 Å². The molecule has 1 aromatic rings. The molecule has 0 bridgehead atoms. The van der Waals surface area contributed by atoms with Crippen LogP contribution in [0.4, 0.5) is 5.69 Å². The molecule has 1 unspecified atom stereocenters. The van der Waals surface area contributed by atoms with Crippen LogP contribution in [0.25, 0.3) is 0 Å². The smallest absolute Gasteiger partial charge is 0.269 e. The zero-order chi connectivity index (χ0) is 13.7. The Morgan fingerprint density at radius 2 is 1.95 bits per heavy atom. The number of nitrogens with one attached hydrogen (secondary N) is 1. The van der Waals surface area contributed by atoms with Crippen molar-refractivity contribution in [3.63, 3.8) is 0 Å². The summed E-state index contributed by atoms with van der Waals surface area (Å²) in [7, 11) is 0. The Hall–Kier alpha value is -1.42. The van der Waals surface area contributed by atoms with Crippen LogP contribution in [0.15, 0.2) is 24.3 Å². The van der Waals surface area contributed by atoms with E-state index in [0.717, 1.165) is 18.0 Å². The highest BCUT2D eigenvalue weighted by molar-refractivity contribution is 5.33. The molecule has 0 radical (unpaired) electrons. The highest BCUT2D eigenvalue weighted by Gasteiger charge is 2.15. The molecule has 0 saturated heterocycles. The number of nitrogens with zero attached hydrogens (tertiary/aromatic N) is 1. The minimum Gasteiger partial charge on any atom is -0.310 e. The van der Waals surface area contributed by atoms with Crippen molar-refractivity contribution >= 4 is 5.69 Å². The molecular weight excluding hydrogens is 240 g/mol. The van der Waals surface area contributed by atoms with Gasteiger partial charge in [0.15, 0.2) is 0 Å². The lowest BCUT2D eigenvalue weighted by atomic mass is 10.0. The second-order valence-corrected chi connectivity index (χ2v) is 5.46. The van der Waals surface area contributed by atoms with Crippen molar-refractivity contribution < 1.29 is 4.92 Å². The van der Waals surface area contributed by atoms with E-state index in [0.29, 0.717) is 0 Å². The molecule has 4 heteroatoms. The molecule has 4 nitrogen and oxygen atoms in total. The van der Waals surface area contributed by atoms with E-state index >= 15 is 0 Å². The van der Waals surface area contributed by atoms with Crippen LogP contribution in [0.1, 0.15) is 50.6 Å². The van der Waals surface area contributed by atoms with E-state index in [1.807, 2.05) is 12.1 Å². The van der Waals surface area contributed by atoms with Crippen molar-refractivity contribution in [1.29, 1.82) is 0 Å². The number of hydrogen-bond acceptors (Lipinski definition) is 3. The number of rotatable bonds is 6. The fraction of sp³-hybridized carbons (Fsp3) is 0.600.